The third-order valence-corrected chi connectivity index (χ3v) is 9.87. The fourth-order valence-corrected chi connectivity index (χ4v) is 7.82. The van der Waals surface area contributed by atoms with Crippen LogP contribution in [-0.4, -0.2) is 54.3 Å². The van der Waals surface area contributed by atoms with Crippen LogP contribution in [0.3, 0.4) is 0 Å². The number of H-pyrrole nitrogens is 1. The fraction of sp³-hybridized carbons (Fsp3) is 0.421. The van der Waals surface area contributed by atoms with Gasteiger partial charge in [0.15, 0.2) is 0 Å². The molecule has 244 valence electrons. The van der Waals surface area contributed by atoms with Gasteiger partial charge in [-0.25, -0.2) is 13.8 Å². The van der Waals surface area contributed by atoms with Crippen LogP contribution in [-0.2, 0) is 11.8 Å². The van der Waals surface area contributed by atoms with Gasteiger partial charge in [-0.15, -0.1) is 0 Å². The Morgan fingerprint density at radius 3 is 2.65 bits per heavy atom. The molecule has 1 aromatic heterocycles. The maximum atomic E-state index is 15.0. The van der Waals surface area contributed by atoms with Gasteiger partial charge in [-0.2, -0.15) is 0 Å². The minimum absolute atomic E-state index is 0.204. The van der Waals surface area contributed by atoms with Crippen LogP contribution in [0.2, 0.25) is 0 Å². The predicted molar refractivity (Wildman–Crippen MR) is 185 cm³/mol. The SMILES string of the molecule is C=Cc1c(C)cc2ccc(F)c(CC)c2c1C(=C)C1=C(/C=C\C)c2c(nc(OC)[nH]c2=O)C12CC2.CN.FC1CC2CCCN2C1. The molecule has 0 bridgehead atoms. The third-order valence-electron chi connectivity index (χ3n) is 9.87. The zero-order valence-electron chi connectivity index (χ0n) is 27.7. The van der Waals surface area contributed by atoms with E-state index in [9.17, 15) is 9.18 Å². The van der Waals surface area contributed by atoms with E-state index in [1.807, 2.05) is 45.1 Å². The molecule has 46 heavy (non-hydrogen) atoms. The van der Waals surface area contributed by atoms with Crippen LogP contribution in [0.5, 0.6) is 6.01 Å². The van der Waals surface area contributed by atoms with Gasteiger partial charge in [0.25, 0.3) is 11.6 Å². The molecular formula is C38H46F2N4O2. The van der Waals surface area contributed by atoms with Crippen molar-refractivity contribution in [3.05, 3.63) is 98.8 Å². The smallest absolute Gasteiger partial charge is 0.296 e. The summed E-state index contributed by atoms with van der Waals surface area (Å²) in [4.78, 5) is 22.9. The van der Waals surface area contributed by atoms with Crippen molar-refractivity contribution in [1.29, 1.82) is 0 Å². The second-order valence-electron chi connectivity index (χ2n) is 12.4. The van der Waals surface area contributed by atoms with Crippen molar-refractivity contribution in [1.82, 2.24) is 14.9 Å². The van der Waals surface area contributed by atoms with Gasteiger partial charge < -0.3 is 10.5 Å². The van der Waals surface area contributed by atoms with Crippen molar-refractivity contribution in [2.45, 2.75) is 76.9 Å². The number of fused-ring (bicyclic) bond motifs is 4. The second kappa shape index (κ2) is 13.5. The lowest BCUT2D eigenvalue weighted by molar-refractivity contribution is 0.292. The molecule has 3 fully saturated rings. The van der Waals surface area contributed by atoms with Gasteiger partial charge in [0.2, 0.25) is 0 Å². The van der Waals surface area contributed by atoms with Gasteiger partial charge in [0.05, 0.1) is 18.4 Å². The molecule has 0 radical (unpaired) electrons. The molecule has 2 atom stereocenters. The molecule has 8 heteroatoms. The molecule has 1 saturated carbocycles. The van der Waals surface area contributed by atoms with Gasteiger partial charge in [-0.1, -0.05) is 50.4 Å². The summed E-state index contributed by atoms with van der Waals surface area (Å²) in [6.45, 7) is 16.5. The summed E-state index contributed by atoms with van der Waals surface area (Å²) in [7, 11) is 3.00. The van der Waals surface area contributed by atoms with Crippen molar-refractivity contribution >= 4 is 28.0 Å². The quantitative estimate of drug-likeness (QED) is 0.297. The van der Waals surface area contributed by atoms with Crippen LogP contribution in [0.1, 0.15) is 79.5 Å². The molecular weight excluding hydrogens is 582 g/mol. The van der Waals surface area contributed by atoms with Gasteiger partial charge in [0, 0.05) is 18.0 Å². The number of hydrogen-bond acceptors (Lipinski definition) is 5. The highest BCUT2D eigenvalue weighted by atomic mass is 19.1. The molecule has 0 amide bonds. The number of nitrogens with two attached hydrogens (primary N) is 1. The Labute approximate surface area is 270 Å². The van der Waals surface area contributed by atoms with Gasteiger partial charge in [-0.3, -0.25) is 14.7 Å². The van der Waals surface area contributed by atoms with E-state index < -0.39 is 11.6 Å². The Hall–Kier alpha value is -3.88. The van der Waals surface area contributed by atoms with E-state index in [1.54, 1.807) is 0 Å². The van der Waals surface area contributed by atoms with Crippen molar-refractivity contribution in [3.8, 4) is 6.01 Å². The molecule has 2 unspecified atom stereocenters. The predicted octanol–water partition coefficient (Wildman–Crippen LogP) is 7.44. The van der Waals surface area contributed by atoms with Crippen LogP contribution >= 0.6 is 0 Å². The maximum absolute atomic E-state index is 15.0. The lowest BCUT2D eigenvalue weighted by Crippen LogP contribution is -2.22. The highest BCUT2D eigenvalue weighted by Gasteiger charge is 2.57. The number of rotatable bonds is 6. The number of methoxy groups -OCH3 is 1. The van der Waals surface area contributed by atoms with Gasteiger partial charge in [-0.05, 0) is 122 Å². The van der Waals surface area contributed by atoms with Gasteiger partial charge >= 0.3 is 0 Å². The van der Waals surface area contributed by atoms with Crippen molar-refractivity contribution < 1.29 is 13.5 Å². The molecule has 4 aliphatic rings. The number of hydrogen-bond donors (Lipinski definition) is 2. The molecule has 6 nitrogen and oxygen atoms in total. The normalized spacial score (nSPS) is 20.7. The molecule has 3 aromatic rings. The first kappa shape index (κ1) is 33.5. The number of aromatic amines is 1. The molecule has 2 saturated heterocycles. The van der Waals surface area contributed by atoms with E-state index in [2.05, 4.69) is 34.8 Å². The standard InChI is InChI=1S/C30H29FN2O2.C7H12FN.CH5N/c1-7-10-21-25-27(32-29(35-6)33-28(25)34)30(13-14-30)26(21)17(5)23-19(8-2)16(4)15-18-11-12-22(31)20(9-3)24(18)23;8-6-4-7-2-1-3-9(7)5-6;1-2/h7-8,10-12,15H,2,5,9,13-14H2,1,3-4,6H3,(H,32,33,34);6-7H,1-5H2;2H2,1H3/b10-7-;;. The summed E-state index contributed by atoms with van der Waals surface area (Å²) in [5.41, 5.74) is 11.3. The average Bonchev–Trinajstić information content (AvgIpc) is 3.47. The summed E-state index contributed by atoms with van der Waals surface area (Å²) < 4.78 is 32.9. The number of ether oxygens (including phenoxy) is 1. The summed E-state index contributed by atoms with van der Waals surface area (Å²) in [5.74, 6) is -0.228. The first-order chi connectivity index (χ1) is 22.2. The molecule has 3 N–H and O–H groups in total. The fourth-order valence-electron chi connectivity index (χ4n) is 7.82. The lowest BCUT2D eigenvalue weighted by Gasteiger charge is -2.23. The zero-order valence-corrected chi connectivity index (χ0v) is 27.7. The lowest BCUT2D eigenvalue weighted by atomic mass is 9.80. The third kappa shape index (κ3) is 5.56. The molecule has 1 spiro atoms. The number of nitrogens with zero attached hydrogens (tertiary/aromatic N) is 2. The van der Waals surface area contributed by atoms with Crippen molar-refractivity contribution in [3.63, 3.8) is 0 Å². The Morgan fingerprint density at radius 1 is 1.30 bits per heavy atom. The van der Waals surface area contributed by atoms with E-state index in [0.29, 0.717) is 30.1 Å². The number of aromatic nitrogens is 2. The van der Waals surface area contributed by atoms with Crippen LogP contribution in [0, 0.1) is 12.7 Å². The van der Waals surface area contributed by atoms with E-state index >= 15 is 4.39 Å². The minimum Gasteiger partial charge on any atom is -0.468 e. The monoisotopic (exact) mass is 628 g/mol. The van der Waals surface area contributed by atoms with E-state index in [1.165, 1.54) is 33.1 Å². The highest BCUT2D eigenvalue weighted by Crippen LogP contribution is 2.64. The summed E-state index contributed by atoms with van der Waals surface area (Å²) in [5, 5.41) is 1.82. The molecule has 3 heterocycles. The van der Waals surface area contributed by atoms with Crippen LogP contribution < -0.4 is 16.0 Å². The van der Waals surface area contributed by atoms with Crippen LogP contribution in [0.25, 0.3) is 28.0 Å². The highest BCUT2D eigenvalue weighted by molar-refractivity contribution is 6.08. The topological polar surface area (TPSA) is 84.2 Å². The minimum atomic E-state index is -0.518. The molecule has 2 aromatic carbocycles. The number of benzene rings is 2. The maximum Gasteiger partial charge on any atom is 0.296 e. The first-order valence-corrected chi connectivity index (χ1v) is 16.3. The number of halogens is 2. The number of nitrogens with one attached hydrogen (secondary N) is 1. The van der Waals surface area contributed by atoms with Gasteiger partial charge in [0.1, 0.15) is 12.0 Å². The van der Waals surface area contributed by atoms with E-state index in [-0.39, 0.29) is 17.4 Å². The summed E-state index contributed by atoms with van der Waals surface area (Å²) >= 11 is 0. The van der Waals surface area contributed by atoms with Crippen LogP contribution in [0.4, 0.5) is 8.78 Å². The molecule has 2 aliphatic carbocycles. The molecule has 2 aliphatic heterocycles. The average molecular weight is 629 g/mol. The number of alkyl halides is 1. The zero-order chi connectivity index (χ0) is 33.3. The first-order valence-electron chi connectivity index (χ1n) is 16.3. The van der Waals surface area contributed by atoms with Crippen molar-refractivity contribution in [2.75, 3.05) is 27.2 Å². The summed E-state index contributed by atoms with van der Waals surface area (Å²) in [6, 6.07) is 6.26. The van der Waals surface area contributed by atoms with Crippen LogP contribution in [0.15, 0.2) is 53.9 Å². The Morgan fingerprint density at radius 2 is 2.04 bits per heavy atom. The second-order valence-corrected chi connectivity index (χ2v) is 12.4. The molecule has 7 rings (SSSR count). The number of aryl methyl sites for hydroxylation is 2. The van der Waals surface area contributed by atoms with E-state index in [4.69, 9.17) is 9.72 Å². The largest absolute Gasteiger partial charge is 0.468 e. The Balaban J connectivity index is 0.000000320. The Bertz CT molecular complexity index is 1790. The number of allylic oxidation sites excluding steroid dienone is 5. The Kier molecular flexibility index (Phi) is 9.80. The van der Waals surface area contributed by atoms with Crippen molar-refractivity contribution in [2.24, 2.45) is 5.73 Å². The van der Waals surface area contributed by atoms with E-state index in [0.717, 1.165) is 75.7 Å². The summed E-state index contributed by atoms with van der Waals surface area (Å²) in [6.07, 6.45) is 10.8.